The summed E-state index contributed by atoms with van der Waals surface area (Å²) in [6.07, 6.45) is 1.14. The van der Waals surface area contributed by atoms with Crippen molar-refractivity contribution in [1.82, 2.24) is 4.98 Å². The van der Waals surface area contributed by atoms with Gasteiger partial charge in [0.2, 0.25) is 0 Å². The molecule has 0 aliphatic carbocycles. The number of carbonyl (C=O) groups excluding carboxylic acids is 1. The Bertz CT molecular complexity index is 674. The number of hydrogen-bond donors (Lipinski definition) is 2. The van der Waals surface area contributed by atoms with Crippen LogP contribution >= 0.6 is 0 Å². The summed E-state index contributed by atoms with van der Waals surface area (Å²) in [5, 5.41) is 5.87. The average Bonchev–Trinajstić information content (AvgIpc) is 2.48. The second-order valence-corrected chi connectivity index (χ2v) is 6.63. The molecule has 0 saturated heterocycles. The van der Waals surface area contributed by atoms with E-state index in [1.165, 1.54) is 0 Å². The normalized spacial score (nSPS) is 10.9. The summed E-state index contributed by atoms with van der Waals surface area (Å²) >= 11 is 0. The van der Waals surface area contributed by atoms with Crippen LogP contribution in [0, 0.1) is 0 Å². The van der Waals surface area contributed by atoms with Crippen molar-refractivity contribution in [3.8, 4) is 0 Å². The second kappa shape index (κ2) is 7.21. The van der Waals surface area contributed by atoms with E-state index in [9.17, 15) is 4.79 Å². The minimum atomic E-state index is -0.537. The Morgan fingerprint density at radius 3 is 2.17 bits per heavy atom. The molecule has 2 N–H and O–H groups in total. The van der Waals surface area contributed by atoms with Crippen LogP contribution in [-0.2, 0) is 4.74 Å². The molecule has 0 unspecified atom stereocenters. The Morgan fingerprint density at radius 1 is 1.04 bits per heavy atom. The number of pyridine rings is 1. The van der Waals surface area contributed by atoms with Crippen molar-refractivity contribution in [2.24, 2.45) is 0 Å². The number of ether oxygens (including phenoxy) is 1. The molecule has 0 saturated carbocycles. The molecule has 6 nitrogen and oxygen atoms in total. The number of aromatic nitrogens is 1. The highest BCUT2D eigenvalue weighted by Gasteiger charge is 2.16. The maximum absolute atomic E-state index is 11.7. The Morgan fingerprint density at radius 2 is 1.67 bits per heavy atom. The number of benzene rings is 1. The molecular formula is C18H24N4O2. The third kappa shape index (κ3) is 5.46. The lowest BCUT2D eigenvalue weighted by Crippen LogP contribution is -2.27. The molecule has 0 bridgehead atoms. The smallest absolute Gasteiger partial charge is 0.413 e. The predicted molar refractivity (Wildman–Crippen MR) is 98.1 cm³/mol. The van der Waals surface area contributed by atoms with Gasteiger partial charge in [-0.05, 0) is 57.2 Å². The molecule has 0 atom stereocenters. The van der Waals surface area contributed by atoms with Crippen molar-refractivity contribution >= 4 is 29.0 Å². The molecular weight excluding hydrogens is 304 g/mol. The van der Waals surface area contributed by atoms with E-state index in [0.29, 0.717) is 5.82 Å². The molecule has 0 aliphatic rings. The summed E-state index contributed by atoms with van der Waals surface area (Å²) in [4.78, 5) is 18.0. The van der Waals surface area contributed by atoms with Gasteiger partial charge in [-0.2, -0.15) is 0 Å². The van der Waals surface area contributed by atoms with Gasteiger partial charge < -0.3 is 15.0 Å². The van der Waals surface area contributed by atoms with Gasteiger partial charge >= 0.3 is 6.09 Å². The fourth-order valence-electron chi connectivity index (χ4n) is 1.96. The quantitative estimate of drug-likeness (QED) is 0.879. The fourth-order valence-corrected chi connectivity index (χ4v) is 1.96. The first-order chi connectivity index (χ1) is 11.2. The van der Waals surface area contributed by atoms with Gasteiger partial charge in [-0.3, -0.25) is 5.32 Å². The Kier molecular flexibility index (Phi) is 5.28. The topological polar surface area (TPSA) is 66.5 Å². The Hall–Kier alpha value is -2.76. The zero-order valence-corrected chi connectivity index (χ0v) is 14.8. The maximum atomic E-state index is 11.7. The minimum Gasteiger partial charge on any atom is -0.444 e. The molecule has 24 heavy (non-hydrogen) atoms. The third-order valence-electron chi connectivity index (χ3n) is 3.06. The second-order valence-electron chi connectivity index (χ2n) is 6.63. The first kappa shape index (κ1) is 17.6. The lowest BCUT2D eigenvalue weighted by Gasteiger charge is -2.19. The van der Waals surface area contributed by atoms with Gasteiger partial charge in [-0.15, -0.1) is 0 Å². The molecule has 1 aromatic heterocycles. The monoisotopic (exact) mass is 328 g/mol. The largest absolute Gasteiger partial charge is 0.444 e. The van der Waals surface area contributed by atoms with Crippen molar-refractivity contribution in [3.05, 3.63) is 42.6 Å². The first-order valence-electron chi connectivity index (χ1n) is 7.73. The van der Waals surface area contributed by atoms with Crippen molar-refractivity contribution in [1.29, 1.82) is 0 Å². The van der Waals surface area contributed by atoms with Gasteiger partial charge in [0, 0.05) is 25.5 Å². The van der Waals surface area contributed by atoms with E-state index in [1.807, 2.05) is 70.1 Å². The van der Waals surface area contributed by atoms with E-state index in [1.54, 1.807) is 12.3 Å². The number of carbonyl (C=O) groups is 1. The van der Waals surface area contributed by atoms with E-state index in [2.05, 4.69) is 15.6 Å². The third-order valence-corrected chi connectivity index (χ3v) is 3.06. The van der Waals surface area contributed by atoms with E-state index in [0.717, 1.165) is 17.1 Å². The summed E-state index contributed by atoms with van der Waals surface area (Å²) in [6, 6.07) is 11.6. The molecule has 2 aromatic rings. The lowest BCUT2D eigenvalue weighted by molar-refractivity contribution is 0.0635. The Labute approximate surface area is 142 Å². The molecule has 0 spiro atoms. The highest BCUT2D eigenvalue weighted by Crippen LogP contribution is 2.20. The standard InChI is InChI=1S/C18H24N4O2/c1-18(2,3)24-17(23)21-16-11-8-14(12-19-16)20-13-6-9-15(10-7-13)22(4)5/h6-12,20H,1-5H3,(H,19,21,23). The van der Waals surface area contributed by atoms with Crippen LogP contribution < -0.4 is 15.5 Å². The summed E-state index contributed by atoms with van der Waals surface area (Å²) in [7, 11) is 4.01. The molecule has 1 amide bonds. The fraction of sp³-hybridized carbons (Fsp3) is 0.333. The SMILES string of the molecule is CN(C)c1ccc(Nc2ccc(NC(=O)OC(C)(C)C)nc2)cc1. The predicted octanol–water partition coefficient (Wildman–Crippen LogP) is 4.24. The van der Waals surface area contributed by atoms with Crippen molar-refractivity contribution in [2.75, 3.05) is 29.6 Å². The van der Waals surface area contributed by atoms with Crippen LogP contribution in [0.2, 0.25) is 0 Å². The van der Waals surface area contributed by atoms with E-state index >= 15 is 0 Å². The molecule has 0 fully saturated rings. The first-order valence-corrected chi connectivity index (χ1v) is 7.73. The molecule has 2 rings (SSSR count). The number of nitrogens with one attached hydrogen (secondary N) is 2. The van der Waals surface area contributed by atoms with Crippen molar-refractivity contribution in [2.45, 2.75) is 26.4 Å². The van der Waals surface area contributed by atoms with Crippen LogP contribution in [0.1, 0.15) is 20.8 Å². The van der Waals surface area contributed by atoms with Crippen LogP contribution in [0.5, 0.6) is 0 Å². The van der Waals surface area contributed by atoms with E-state index in [-0.39, 0.29) is 0 Å². The molecule has 1 aromatic carbocycles. The zero-order valence-electron chi connectivity index (χ0n) is 14.8. The summed E-state index contributed by atoms with van der Waals surface area (Å²) in [5.41, 5.74) is 2.40. The van der Waals surface area contributed by atoms with Gasteiger partial charge in [0.1, 0.15) is 11.4 Å². The molecule has 128 valence electrons. The van der Waals surface area contributed by atoms with E-state index in [4.69, 9.17) is 4.74 Å². The van der Waals surface area contributed by atoms with Gasteiger partial charge in [-0.1, -0.05) is 0 Å². The van der Waals surface area contributed by atoms with E-state index < -0.39 is 11.7 Å². The summed E-state index contributed by atoms with van der Waals surface area (Å²) in [6.45, 7) is 5.44. The lowest BCUT2D eigenvalue weighted by atomic mass is 10.2. The summed E-state index contributed by atoms with van der Waals surface area (Å²) in [5.74, 6) is 0.442. The molecule has 1 heterocycles. The van der Waals surface area contributed by atoms with Crippen molar-refractivity contribution in [3.63, 3.8) is 0 Å². The molecule has 6 heteroatoms. The van der Waals surface area contributed by atoms with Crippen LogP contribution in [0.15, 0.2) is 42.6 Å². The number of rotatable bonds is 4. The van der Waals surface area contributed by atoms with Gasteiger partial charge in [0.25, 0.3) is 0 Å². The number of anilines is 4. The average molecular weight is 328 g/mol. The zero-order chi connectivity index (χ0) is 17.7. The number of nitrogens with zero attached hydrogens (tertiary/aromatic N) is 2. The summed E-state index contributed by atoms with van der Waals surface area (Å²) < 4.78 is 5.19. The number of hydrogen-bond acceptors (Lipinski definition) is 5. The van der Waals surface area contributed by atoms with Crippen LogP contribution in [0.4, 0.5) is 27.7 Å². The maximum Gasteiger partial charge on any atom is 0.413 e. The molecule has 0 aliphatic heterocycles. The molecule has 0 radical (unpaired) electrons. The van der Waals surface area contributed by atoms with Gasteiger partial charge in [-0.25, -0.2) is 9.78 Å². The highest BCUT2D eigenvalue weighted by molar-refractivity contribution is 5.83. The van der Waals surface area contributed by atoms with Crippen LogP contribution in [-0.4, -0.2) is 30.8 Å². The van der Waals surface area contributed by atoms with Crippen molar-refractivity contribution < 1.29 is 9.53 Å². The van der Waals surface area contributed by atoms with Gasteiger partial charge in [0.05, 0.1) is 11.9 Å². The Balaban J connectivity index is 1.95. The van der Waals surface area contributed by atoms with Gasteiger partial charge in [0.15, 0.2) is 0 Å². The van der Waals surface area contributed by atoms with Crippen LogP contribution in [0.25, 0.3) is 0 Å². The minimum absolute atomic E-state index is 0.442. The number of amides is 1. The highest BCUT2D eigenvalue weighted by atomic mass is 16.6. The van der Waals surface area contributed by atoms with Crippen LogP contribution in [0.3, 0.4) is 0 Å².